The maximum atomic E-state index is 12.3. The van der Waals surface area contributed by atoms with Crippen LogP contribution < -0.4 is 14.8 Å². The quantitative estimate of drug-likeness (QED) is 0.618. The summed E-state index contributed by atoms with van der Waals surface area (Å²) < 4.78 is 10.7. The Morgan fingerprint density at radius 1 is 1.24 bits per heavy atom. The lowest BCUT2D eigenvalue weighted by molar-refractivity contribution is -0.384. The minimum atomic E-state index is -0.792. The Labute approximate surface area is 149 Å². The van der Waals surface area contributed by atoms with E-state index in [9.17, 15) is 14.9 Å². The first-order valence-electron chi connectivity index (χ1n) is 7.38. The van der Waals surface area contributed by atoms with Crippen LogP contribution in [0.1, 0.15) is 12.5 Å². The van der Waals surface area contributed by atoms with Crippen LogP contribution in [-0.4, -0.2) is 24.0 Å². The molecule has 0 aliphatic heterocycles. The standard InChI is InChI=1S/C17H17ClN2O5/c1-10-8-12(18)4-7-15(10)25-11(2)17(21)19-14-6-5-13(20(22)23)9-16(14)24-3/h4-9,11H,1-3H3,(H,19,21)/t11-/m1/s1. The van der Waals surface area contributed by atoms with Gasteiger partial charge in [-0.05, 0) is 43.7 Å². The SMILES string of the molecule is COc1cc([N+](=O)[O-])ccc1NC(=O)[C@@H](C)Oc1ccc(Cl)cc1C. The van der Waals surface area contributed by atoms with E-state index in [0.29, 0.717) is 16.5 Å². The number of carbonyl (C=O) groups is 1. The molecule has 0 unspecified atom stereocenters. The minimum Gasteiger partial charge on any atom is -0.494 e. The number of nitro groups is 1. The highest BCUT2D eigenvalue weighted by molar-refractivity contribution is 6.30. The van der Waals surface area contributed by atoms with Crippen molar-refractivity contribution in [2.45, 2.75) is 20.0 Å². The Morgan fingerprint density at radius 3 is 2.56 bits per heavy atom. The second-order valence-electron chi connectivity index (χ2n) is 5.30. The molecule has 0 radical (unpaired) electrons. The van der Waals surface area contributed by atoms with Crippen molar-refractivity contribution in [2.75, 3.05) is 12.4 Å². The molecule has 1 N–H and O–H groups in total. The molecule has 2 rings (SSSR count). The van der Waals surface area contributed by atoms with Crippen molar-refractivity contribution in [3.8, 4) is 11.5 Å². The fourth-order valence-electron chi connectivity index (χ4n) is 2.12. The van der Waals surface area contributed by atoms with E-state index in [1.165, 1.54) is 25.3 Å². The Morgan fingerprint density at radius 2 is 1.96 bits per heavy atom. The highest BCUT2D eigenvalue weighted by Gasteiger charge is 2.19. The fourth-order valence-corrected chi connectivity index (χ4v) is 2.35. The molecule has 0 saturated carbocycles. The molecule has 0 heterocycles. The summed E-state index contributed by atoms with van der Waals surface area (Å²) in [6.07, 6.45) is -0.792. The highest BCUT2D eigenvalue weighted by Crippen LogP contribution is 2.29. The molecule has 2 aromatic rings. The first-order valence-corrected chi connectivity index (χ1v) is 7.75. The fraction of sp³-hybridized carbons (Fsp3) is 0.235. The van der Waals surface area contributed by atoms with Crippen molar-refractivity contribution >= 4 is 28.9 Å². The number of non-ortho nitro benzene ring substituents is 1. The third kappa shape index (κ3) is 4.60. The number of nitro benzene ring substituents is 1. The van der Waals surface area contributed by atoms with Gasteiger partial charge in [-0.15, -0.1) is 0 Å². The predicted molar refractivity (Wildman–Crippen MR) is 94.6 cm³/mol. The normalized spacial score (nSPS) is 11.5. The van der Waals surface area contributed by atoms with Crippen LogP contribution in [0.2, 0.25) is 5.02 Å². The molecule has 8 heteroatoms. The molecular weight excluding hydrogens is 348 g/mol. The smallest absolute Gasteiger partial charge is 0.273 e. The molecule has 0 aliphatic carbocycles. The number of hydrogen-bond acceptors (Lipinski definition) is 5. The Balaban J connectivity index is 2.11. The Bertz CT molecular complexity index is 810. The van der Waals surface area contributed by atoms with Crippen LogP contribution in [0.5, 0.6) is 11.5 Å². The zero-order valence-corrected chi connectivity index (χ0v) is 14.7. The zero-order valence-electron chi connectivity index (χ0n) is 13.9. The summed E-state index contributed by atoms with van der Waals surface area (Å²) in [5, 5.41) is 14.0. The molecule has 2 aromatic carbocycles. The van der Waals surface area contributed by atoms with Gasteiger partial charge >= 0.3 is 0 Å². The van der Waals surface area contributed by atoms with Crippen molar-refractivity contribution in [1.82, 2.24) is 0 Å². The molecule has 1 atom stereocenters. The van der Waals surface area contributed by atoms with Gasteiger partial charge in [0.2, 0.25) is 0 Å². The van der Waals surface area contributed by atoms with E-state index in [1.807, 2.05) is 6.92 Å². The number of halogens is 1. The number of benzene rings is 2. The molecule has 0 fully saturated rings. The maximum Gasteiger partial charge on any atom is 0.273 e. The first-order chi connectivity index (χ1) is 11.8. The average molecular weight is 365 g/mol. The van der Waals surface area contributed by atoms with Gasteiger partial charge in [-0.3, -0.25) is 14.9 Å². The molecule has 0 saturated heterocycles. The molecule has 0 spiro atoms. The molecule has 25 heavy (non-hydrogen) atoms. The zero-order chi connectivity index (χ0) is 18.6. The molecule has 7 nitrogen and oxygen atoms in total. The lowest BCUT2D eigenvalue weighted by atomic mass is 10.2. The van der Waals surface area contributed by atoms with Crippen molar-refractivity contribution in [1.29, 1.82) is 0 Å². The van der Waals surface area contributed by atoms with Gasteiger partial charge in [0.25, 0.3) is 11.6 Å². The second-order valence-corrected chi connectivity index (χ2v) is 5.74. The number of carbonyl (C=O) groups excluding carboxylic acids is 1. The van der Waals surface area contributed by atoms with E-state index < -0.39 is 16.9 Å². The summed E-state index contributed by atoms with van der Waals surface area (Å²) in [7, 11) is 1.37. The molecule has 132 valence electrons. The molecule has 0 bridgehead atoms. The number of nitrogens with zero attached hydrogens (tertiary/aromatic N) is 1. The van der Waals surface area contributed by atoms with Gasteiger partial charge in [-0.1, -0.05) is 11.6 Å². The van der Waals surface area contributed by atoms with Gasteiger partial charge in [0.15, 0.2) is 6.10 Å². The Kier molecular flexibility index (Phi) is 5.82. The third-order valence-electron chi connectivity index (χ3n) is 3.46. The van der Waals surface area contributed by atoms with E-state index in [1.54, 1.807) is 25.1 Å². The van der Waals surface area contributed by atoms with E-state index in [2.05, 4.69) is 5.32 Å². The number of hydrogen-bond donors (Lipinski definition) is 1. The van der Waals surface area contributed by atoms with Crippen LogP contribution in [-0.2, 0) is 4.79 Å². The van der Waals surface area contributed by atoms with Crippen molar-refractivity contribution < 1.29 is 19.2 Å². The molecule has 0 aromatic heterocycles. The summed E-state index contributed by atoms with van der Waals surface area (Å²) in [6.45, 7) is 3.42. The lowest BCUT2D eigenvalue weighted by Crippen LogP contribution is -2.30. The van der Waals surface area contributed by atoms with Crippen LogP contribution in [0, 0.1) is 17.0 Å². The number of anilines is 1. The van der Waals surface area contributed by atoms with Crippen LogP contribution in [0.4, 0.5) is 11.4 Å². The van der Waals surface area contributed by atoms with Gasteiger partial charge < -0.3 is 14.8 Å². The van der Waals surface area contributed by atoms with E-state index in [0.717, 1.165) is 5.56 Å². The highest BCUT2D eigenvalue weighted by atomic mass is 35.5. The number of ether oxygens (including phenoxy) is 2. The van der Waals surface area contributed by atoms with Crippen molar-refractivity contribution in [3.05, 3.63) is 57.1 Å². The van der Waals surface area contributed by atoms with E-state index in [-0.39, 0.29) is 11.4 Å². The number of rotatable bonds is 6. The second kappa shape index (κ2) is 7.85. The monoisotopic (exact) mass is 364 g/mol. The first kappa shape index (κ1) is 18.5. The minimum absolute atomic E-state index is 0.129. The molecule has 0 aliphatic rings. The third-order valence-corrected chi connectivity index (χ3v) is 3.70. The lowest BCUT2D eigenvalue weighted by Gasteiger charge is -2.17. The summed E-state index contributed by atoms with van der Waals surface area (Å²) >= 11 is 5.90. The van der Waals surface area contributed by atoms with Gasteiger partial charge in [-0.2, -0.15) is 0 Å². The summed E-state index contributed by atoms with van der Waals surface area (Å²) in [5.41, 5.74) is 0.998. The van der Waals surface area contributed by atoms with Crippen LogP contribution >= 0.6 is 11.6 Å². The van der Waals surface area contributed by atoms with Gasteiger partial charge in [-0.25, -0.2) is 0 Å². The number of methoxy groups -OCH3 is 1. The number of amides is 1. The average Bonchev–Trinajstić information content (AvgIpc) is 2.57. The molecular formula is C17H17ClN2O5. The number of nitrogens with one attached hydrogen (secondary N) is 1. The summed E-state index contributed by atoms with van der Waals surface area (Å²) in [6, 6.07) is 9.04. The topological polar surface area (TPSA) is 90.7 Å². The Hall–Kier alpha value is -2.80. The van der Waals surface area contributed by atoms with Crippen LogP contribution in [0.15, 0.2) is 36.4 Å². The van der Waals surface area contributed by atoms with E-state index >= 15 is 0 Å². The predicted octanol–water partition coefficient (Wildman–Crippen LogP) is 3.97. The van der Waals surface area contributed by atoms with Crippen LogP contribution in [0.3, 0.4) is 0 Å². The van der Waals surface area contributed by atoms with Gasteiger partial charge in [0.05, 0.1) is 23.8 Å². The van der Waals surface area contributed by atoms with Crippen molar-refractivity contribution in [3.63, 3.8) is 0 Å². The maximum absolute atomic E-state index is 12.3. The molecule has 1 amide bonds. The van der Waals surface area contributed by atoms with Crippen LogP contribution in [0.25, 0.3) is 0 Å². The van der Waals surface area contributed by atoms with Gasteiger partial charge in [0.1, 0.15) is 11.5 Å². The van der Waals surface area contributed by atoms with E-state index in [4.69, 9.17) is 21.1 Å². The van der Waals surface area contributed by atoms with Crippen molar-refractivity contribution in [2.24, 2.45) is 0 Å². The number of aryl methyl sites for hydroxylation is 1. The largest absolute Gasteiger partial charge is 0.494 e. The summed E-state index contributed by atoms with van der Waals surface area (Å²) in [4.78, 5) is 22.6. The van der Waals surface area contributed by atoms with Gasteiger partial charge in [0, 0.05) is 11.1 Å². The summed E-state index contributed by atoms with van der Waals surface area (Å²) in [5.74, 6) is 0.321.